The van der Waals surface area contributed by atoms with Crippen molar-refractivity contribution in [2.75, 3.05) is 6.54 Å². The van der Waals surface area contributed by atoms with E-state index in [0.717, 1.165) is 6.54 Å². The summed E-state index contributed by atoms with van der Waals surface area (Å²) < 4.78 is 0. The second kappa shape index (κ2) is 5.65. The zero-order valence-electron chi connectivity index (χ0n) is 13.3. The van der Waals surface area contributed by atoms with Crippen LogP contribution >= 0.6 is 0 Å². The van der Waals surface area contributed by atoms with Gasteiger partial charge in [0, 0.05) is 6.54 Å². The van der Waals surface area contributed by atoms with E-state index in [9.17, 15) is 0 Å². The van der Waals surface area contributed by atoms with Crippen LogP contribution < -0.4 is 5.32 Å². The topological polar surface area (TPSA) is 12.0 Å². The number of benzene rings is 2. The summed E-state index contributed by atoms with van der Waals surface area (Å²) in [5.41, 5.74) is 5.98. The first-order valence-corrected chi connectivity index (χ1v) is 7.93. The summed E-state index contributed by atoms with van der Waals surface area (Å²) in [5, 5.41) is 3.82. The maximum atomic E-state index is 3.82. The van der Waals surface area contributed by atoms with Gasteiger partial charge in [0.15, 0.2) is 0 Å². The van der Waals surface area contributed by atoms with Gasteiger partial charge in [-0.25, -0.2) is 0 Å². The second-order valence-electron chi connectivity index (χ2n) is 6.90. The molecule has 1 aliphatic rings. The van der Waals surface area contributed by atoms with Crippen LogP contribution in [0.3, 0.4) is 0 Å². The lowest BCUT2D eigenvalue weighted by atomic mass is 9.93. The summed E-state index contributed by atoms with van der Waals surface area (Å²) in [5.74, 6) is 0. The van der Waals surface area contributed by atoms with E-state index in [1.807, 2.05) is 0 Å². The molecule has 2 aromatic carbocycles. The maximum absolute atomic E-state index is 3.82. The van der Waals surface area contributed by atoms with E-state index in [4.69, 9.17) is 0 Å². The summed E-state index contributed by atoms with van der Waals surface area (Å²) in [7, 11) is 0. The monoisotopic (exact) mass is 279 g/mol. The molecule has 1 aliphatic carbocycles. The zero-order chi connectivity index (χ0) is 14.9. The molecule has 1 saturated carbocycles. The molecule has 1 atom stereocenters. The lowest BCUT2D eigenvalue weighted by molar-refractivity contribution is 0.469. The van der Waals surface area contributed by atoms with Crippen LogP contribution in [0.5, 0.6) is 0 Å². The highest BCUT2D eigenvalue weighted by molar-refractivity contribution is 5.39. The molecule has 0 bridgehead atoms. The first-order chi connectivity index (χ1) is 10.1. The Balaban J connectivity index is 1.92. The first-order valence-electron chi connectivity index (χ1n) is 7.93. The van der Waals surface area contributed by atoms with Crippen LogP contribution in [0.25, 0.3) is 0 Å². The van der Waals surface area contributed by atoms with Crippen molar-refractivity contribution in [2.24, 2.45) is 5.41 Å². The van der Waals surface area contributed by atoms with E-state index < -0.39 is 0 Å². The Morgan fingerprint density at radius 1 is 1.05 bits per heavy atom. The van der Waals surface area contributed by atoms with Crippen LogP contribution in [-0.2, 0) is 0 Å². The second-order valence-corrected chi connectivity index (χ2v) is 6.90. The third-order valence-electron chi connectivity index (χ3n) is 4.72. The Morgan fingerprint density at radius 2 is 1.76 bits per heavy atom. The van der Waals surface area contributed by atoms with Gasteiger partial charge in [0.2, 0.25) is 0 Å². The van der Waals surface area contributed by atoms with Gasteiger partial charge in [-0.05, 0) is 48.8 Å². The van der Waals surface area contributed by atoms with E-state index in [2.05, 4.69) is 74.6 Å². The lowest BCUT2D eigenvalue weighted by Crippen LogP contribution is -2.28. The minimum atomic E-state index is 0.295. The minimum Gasteiger partial charge on any atom is -0.306 e. The summed E-state index contributed by atoms with van der Waals surface area (Å²) in [6.07, 6.45) is 2.71. The van der Waals surface area contributed by atoms with Crippen molar-refractivity contribution in [3.63, 3.8) is 0 Å². The molecule has 1 fully saturated rings. The van der Waals surface area contributed by atoms with Crippen LogP contribution in [0.1, 0.15) is 48.1 Å². The number of aryl methyl sites for hydroxylation is 2. The number of rotatable bonds is 5. The average Bonchev–Trinajstić information content (AvgIpc) is 3.22. The Hall–Kier alpha value is -1.60. The van der Waals surface area contributed by atoms with Gasteiger partial charge in [0.05, 0.1) is 6.04 Å². The van der Waals surface area contributed by atoms with Gasteiger partial charge >= 0.3 is 0 Å². The summed E-state index contributed by atoms with van der Waals surface area (Å²) >= 11 is 0. The molecule has 1 nitrogen and oxygen atoms in total. The van der Waals surface area contributed by atoms with E-state index in [0.29, 0.717) is 11.5 Å². The number of hydrogen-bond donors (Lipinski definition) is 1. The van der Waals surface area contributed by atoms with E-state index >= 15 is 0 Å². The van der Waals surface area contributed by atoms with Gasteiger partial charge in [-0.2, -0.15) is 0 Å². The maximum Gasteiger partial charge on any atom is 0.0579 e. The third kappa shape index (κ3) is 3.36. The van der Waals surface area contributed by atoms with Crippen molar-refractivity contribution in [1.82, 2.24) is 5.32 Å². The quantitative estimate of drug-likeness (QED) is 0.830. The molecule has 110 valence electrons. The van der Waals surface area contributed by atoms with Crippen molar-refractivity contribution in [2.45, 2.75) is 39.7 Å². The highest BCUT2D eigenvalue weighted by Crippen LogP contribution is 2.44. The van der Waals surface area contributed by atoms with E-state index in [1.54, 1.807) is 0 Å². The van der Waals surface area contributed by atoms with Crippen LogP contribution in [0.4, 0.5) is 0 Å². The lowest BCUT2D eigenvalue weighted by Gasteiger charge is -2.24. The van der Waals surface area contributed by atoms with Crippen LogP contribution in [-0.4, -0.2) is 6.54 Å². The van der Waals surface area contributed by atoms with Crippen molar-refractivity contribution in [3.8, 4) is 0 Å². The van der Waals surface area contributed by atoms with Crippen molar-refractivity contribution in [1.29, 1.82) is 0 Å². The standard InChI is InChI=1S/C20H25N/c1-15-9-10-16(2)18(13-15)19(17-7-5-4-6-8-17)21-14-20(3)11-12-20/h4-10,13,19,21H,11-12,14H2,1-3H3. The van der Waals surface area contributed by atoms with E-state index in [-0.39, 0.29) is 0 Å². The smallest absolute Gasteiger partial charge is 0.0579 e. The normalized spacial score (nSPS) is 17.5. The molecular formula is C20H25N. The predicted octanol–water partition coefficient (Wildman–Crippen LogP) is 4.78. The van der Waals surface area contributed by atoms with Gasteiger partial charge in [-0.15, -0.1) is 0 Å². The van der Waals surface area contributed by atoms with Crippen molar-refractivity contribution >= 4 is 0 Å². The molecule has 0 spiro atoms. The highest BCUT2D eigenvalue weighted by Gasteiger charge is 2.37. The molecule has 0 aromatic heterocycles. The summed E-state index contributed by atoms with van der Waals surface area (Å²) in [4.78, 5) is 0. The molecule has 0 aliphatic heterocycles. The highest BCUT2D eigenvalue weighted by atomic mass is 14.9. The van der Waals surface area contributed by atoms with Crippen LogP contribution in [0.2, 0.25) is 0 Å². The fourth-order valence-electron chi connectivity index (χ4n) is 2.86. The van der Waals surface area contributed by atoms with Gasteiger partial charge < -0.3 is 5.32 Å². The van der Waals surface area contributed by atoms with Gasteiger partial charge in [-0.1, -0.05) is 61.0 Å². The molecule has 3 rings (SSSR count). The Bertz CT molecular complexity index is 611. The van der Waals surface area contributed by atoms with E-state index in [1.165, 1.54) is 35.1 Å². The SMILES string of the molecule is Cc1ccc(C)c(C(NCC2(C)CC2)c2ccccc2)c1. The molecular weight excluding hydrogens is 254 g/mol. The van der Waals surface area contributed by atoms with Crippen molar-refractivity contribution < 1.29 is 0 Å². The molecule has 1 N–H and O–H groups in total. The van der Waals surface area contributed by atoms with Gasteiger partial charge in [0.25, 0.3) is 0 Å². The molecule has 0 radical (unpaired) electrons. The average molecular weight is 279 g/mol. The van der Waals surface area contributed by atoms with Crippen LogP contribution in [0.15, 0.2) is 48.5 Å². The Kier molecular flexibility index (Phi) is 3.86. The first kappa shape index (κ1) is 14.3. The van der Waals surface area contributed by atoms with Crippen molar-refractivity contribution in [3.05, 3.63) is 70.8 Å². The molecule has 0 heterocycles. The predicted molar refractivity (Wildman–Crippen MR) is 89.5 cm³/mol. The number of nitrogens with one attached hydrogen (secondary N) is 1. The zero-order valence-corrected chi connectivity index (χ0v) is 13.3. The fourth-order valence-corrected chi connectivity index (χ4v) is 2.86. The third-order valence-corrected chi connectivity index (χ3v) is 4.72. The Morgan fingerprint density at radius 3 is 2.43 bits per heavy atom. The molecule has 0 saturated heterocycles. The van der Waals surface area contributed by atoms with Gasteiger partial charge in [0.1, 0.15) is 0 Å². The molecule has 2 aromatic rings. The fraction of sp³-hybridized carbons (Fsp3) is 0.400. The van der Waals surface area contributed by atoms with Gasteiger partial charge in [-0.3, -0.25) is 0 Å². The molecule has 1 heteroatoms. The molecule has 21 heavy (non-hydrogen) atoms. The summed E-state index contributed by atoms with van der Waals surface area (Å²) in [6.45, 7) is 7.86. The molecule has 0 amide bonds. The summed E-state index contributed by atoms with van der Waals surface area (Å²) in [6, 6.07) is 17.9. The minimum absolute atomic E-state index is 0.295. The number of hydrogen-bond acceptors (Lipinski definition) is 1. The van der Waals surface area contributed by atoms with Crippen LogP contribution in [0, 0.1) is 19.3 Å². The largest absolute Gasteiger partial charge is 0.306 e. The molecule has 1 unspecified atom stereocenters. The Labute approximate surface area is 128 Å².